The molecule has 0 rings (SSSR count). The summed E-state index contributed by atoms with van der Waals surface area (Å²) in [6.45, 7) is 14.8. The average molecular weight is 864 g/mol. The average Bonchev–Trinajstić information content (AvgIpc) is 3.25. The third kappa shape index (κ3) is 40.9. The molecule has 0 aromatic heterocycles. The van der Waals surface area contributed by atoms with E-state index < -0.39 is 0 Å². The van der Waals surface area contributed by atoms with Gasteiger partial charge in [-0.15, -0.1) is 0 Å². The van der Waals surface area contributed by atoms with Gasteiger partial charge in [-0.2, -0.15) is 0 Å². The summed E-state index contributed by atoms with van der Waals surface area (Å²) in [6, 6.07) is 0. The van der Waals surface area contributed by atoms with Crippen molar-refractivity contribution in [1.82, 2.24) is 4.90 Å². The van der Waals surface area contributed by atoms with Crippen LogP contribution < -0.4 is 0 Å². The monoisotopic (exact) mass is 864 g/mol. The third-order valence-electron chi connectivity index (χ3n) is 13.1. The third-order valence-corrected chi connectivity index (χ3v) is 13.1. The second-order valence-electron chi connectivity index (χ2n) is 18.9. The maximum absolute atomic E-state index is 13.1. The molecule has 61 heavy (non-hydrogen) atoms. The Kier molecular flexibility index (Phi) is 45.1. The van der Waals surface area contributed by atoms with Crippen LogP contribution in [0.25, 0.3) is 0 Å². The van der Waals surface area contributed by atoms with Gasteiger partial charge in [0.15, 0.2) is 0 Å². The normalized spacial score (nSPS) is 11.7. The molecule has 0 saturated carbocycles. The predicted molar refractivity (Wildman–Crippen MR) is 260 cm³/mol. The molecule has 7 nitrogen and oxygen atoms in total. The topological polar surface area (TPSA) is 82.1 Å². The lowest BCUT2D eigenvalue weighted by atomic mass is 9.92. The highest BCUT2D eigenvalue weighted by Gasteiger charge is 2.20. The van der Waals surface area contributed by atoms with Gasteiger partial charge >= 0.3 is 17.9 Å². The lowest BCUT2D eigenvalue weighted by Gasteiger charge is -2.17. The van der Waals surface area contributed by atoms with Gasteiger partial charge in [0.05, 0.1) is 25.7 Å². The van der Waals surface area contributed by atoms with Crippen LogP contribution in [0.2, 0.25) is 0 Å². The van der Waals surface area contributed by atoms with Gasteiger partial charge in [0, 0.05) is 19.4 Å². The molecule has 0 radical (unpaired) electrons. The smallest absolute Gasteiger partial charge is 0.308 e. The van der Waals surface area contributed by atoms with E-state index in [4.69, 9.17) is 14.2 Å². The van der Waals surface area contributed by atoms with Gasteiger partial charge in [0.2, 0.25) is 0 Å². The van der Waals surface area contributed by atoms with E-state index in [1.807, 2.05) is 0 Å². The van der Waals surface area contributed by atoms with Crippen molar-refractivity contribution in [3.8, 4) is 0 Å². The molecule has 7 heteroatoms. The molecule has 0 aromatic carbocycles. The lowest BCUT2D eigenvalue weighted by molar-refractivity contribution is -0.149. The number of carbonyl (C=O) groups is 3. The van der Waals surface area contributed by atoms with Gasteiger partial charge in [0.25, 0.3) is 0 Å². The molecule has 0 aliphatic carbocycles. The Hall–Kier alpha value is -1.63. The van der Waals surface area contributed by atoms with Crippen LogP contribution in [0.4, 0.5) is 0 Å². The number of carbonyl (C=O) groups excluding carboxylic acids is 3. The van der Waals surface area contributed by atoms with E-state index in [1.54, 1.807) is 0 Å². The second-order valence-corrected chi connectivity index (χ2v) is 18.9. The van der Waals surface area contributed by atoms with Crippen molar-refractivity contribution >= 4 is 17.9 Å². The second kappa shape index (κ2) is 46.4. The zero-order valence-corrected chi connectivity index (χ0v) is 41.8. The Balaban J connectivity index is 4.28. The quantitative estimate of drug-likeness (QED) is 0.0342. The molecule has 0 fully saturated rings. The SMILES string of the molecule is CCCCCC(CCCCC)CCOC(=O)CCCCCCCCCC(CCCCCCCCCC(=O)OCCC(CCCCC)CCCCC)C(=O)OCCCN(C)CC. The minimum absolute atomic E-state index is 0.00457. The molecular weight excluding hydrogens is 759 g/mol. The van der Waals surface area contributed by atoms with Gasteiger partial charge < -0.3 is 19.1 Å². The van der Waals surface area contributed by atoms with E-state index in [2.05, 4.69) is 46.6 Å². The Labute approximate surface area is 380 Å². The summed E-state index contributed by atoms with van der Waals surface area (Å²) in [7, 11) is 2.11. The van der Waals surface area contributed by atoms with Crippen LogP contribution in [-0.2, 0) is 28.6 Å². The lowest BCUT2D eigenvalue weighted by Crippen LogP contribution is -2.23. The van der Waals surface area contributed by atoms with E-state index in [9.17, 15) is 14.4 Å². The number of hydrogen-bond donors (Lipinski definition) is 0. The first-order valence-electron chi connectivity index (χ1n) is 27.0. The number of nitrogens with zero attached hydrogens (tertiary/aromatic N) is 1. The summed E-state index contributed by atoms with van der Waals surface area (Å²) in [5.41, 5.74) is 0. The zero-order valence-electron chi connectivity index (χ0n) is 41.8. The van der Waals surface area contributed by atoms with Crippen molar-refractivity contribution in [1.29, 1.82) is 0 Å². The fourth-order valence-corrected chi connectivity index (χ4v) is 8.67. The summed E-state index contributed by atoms with van der Waals surface area (Å²) < 4.78 is 17.1. The first-order chi connectivity index (χ1) is 29.8. The van der Waals surface area contributed by atoms with E-state index >= 15 is 0 Å². The van der Waals surface area contributed by atoms with Gasteiger partial charge in [-0.05, 0) is 70.4 Å². The van der Waals surface area contributed by atoms with Crippen LogP contribution in [0.1, 0.15) is 272 Å². The van der Waals surface area contributed by atoms with Crippen LogP contribution in [0, 0.1) is 17.8 Å². The largest absolute Gasteiger partial charge is 0.466 e. The van der Waals surface area contributed by atoms with Crippen LogP contribution in [0.5, 0.6) is 0 Å². The van der Waals surface area contributed by atoms with Crippen molar-refractivity contribution in [2.24, 2.45) is 17.8 Å². The fourth-order valence-electron chi connectivity index (χ4n) is 8.67. The summed E-state index contributed by atoms with van der Waals surface area (Å²) in [5.74, 6) is 1.38. The Morgan fingerprint density at radius 1 is 0.377 bits per heavy atom. The molecule has 0 aliphatic rings. The summed E-state index contributed by atoms with van der Waals surface area (Å²) >= 11 is 0. The molecule has 0 spiro atoms. The van der Waals surface area contributed by atoms with Crippen molar-refractivity contribution in [2.75, 3.05) is 40.0 Å². The van der Waals surface area contributed by atoms with E-state index in [0.29, 0.717) is 44.5 Å². The first kappa shape index (κ1) is 59.4. The minimum Gasteiger partial charge on any atom is -0.466 e. The molecule has 0 heterocycles. The van der Waals surface area contributed by atoms with Crippen LogP contribution in [0.3, 0.4) is 0 Å². The standard InChI is InChI=1S/C54H105NO6/c1-7-12-26-35-49(36-27-13-8-2)43-47-59-52(56)41-32-24-20-16-18-22-30-39-51(54(58)61-46-34-45-55(6)11-5)40-31-23-19-17-21-25-33-42-53(57)60-48-44-50(37-28-14-9-3)38-29-15-10-4/h49-51H,7-48H2,1-6H3. The highest BCUT2D eigenvalue weighted by atomic mass is 16.5. The van der Waals surface area contributed by atoms with Gasteiger partial charge in [0.1, 0.15) is 0 Å². The highest BCUT2D eigenvalue weighted by molar-refractivity contribution is 5.72. The van der Waals surface area contributed by atoms with E-state index in [1.165, 1.54) is 128 Å². The van der Waals surface area contributed by atoms with Crippen LogP contribution >= 0.6 is 0 Å². The van der Waals surface area contributed by atoms with Gasteiger partial charge in [-0.1, -0.05) is 214 Å². The molecule has 0 amide bonds. The maximum Gasteiger partial charge on any atom is 0.308 e. The van der Waals surface area contributed by atoms with Gasteiger partial charge in [-0.3, -0.25) is 14.4 Å². The summed E-state index contributed by atoms with van der Waals surface area (Å²) in [5, 5.41) is 0. The van der Waals surface area contributed by atoms with Crippen LogP contribution in [-0.4, -0.2) is 62.8 Å². The van der Waals surface area contributed by atoms with Crippen molar-refractivity contribution in [3.05, 3.63) is 0 Å². The first-order valence-corrected chi connectivity index (χ1v) is 27.0. The Morgan fingerprint density at radius 3 is 1.08 bits per heavy atom. The van der Waals surface area contributed by atoms with E-state index in [0.717, 1.165) is 109 Å². The molecule has 0 atom stereocenters. The molecule has 0 aliphatic heterocycles. The molecular formula is C54H105NO6. The summed E-state index contributed by atoms with van der Waals surface area (Å²) in [4.78, 5) is 40.1. The minimum atomic E-state index is -0.0187. The molecule has 0 aromatic rings. The maximum atomic E-state index is 13.1. The fraction of sp³-hybridized carbons (Fsp3) is 0.944. The van der Waals surface area contributed by atoms with E-state index in [-0.39, 0.29) is 23.8 Å². The Morgan fingerprint density at radius 2 is 0.721 bits per heavy atom. The molecule has 0 unspecified atom stereocenters. The Bertz CT molecular complexity index is 878. The highest BCUT2D eigenvalue weighted by Crippen LogP contribution is 2.24. The molecule has 0 bridgehead atoms. The number of rotatable bonds is 48. The summed E-state index contributed by atoms with van der Waals surface area (Å²) in [6.07, 6.45) is 42.0. The molecule has 362 valence electrons. The number of esters is 3. The van der Waals surface area contributed by atoms with Crippen molar-refractivity contribution < 1.29 is 28.6 Å². The van der Waals surface area contributed by atoms with Crippen molar-refractivity contribution in [3.63, 3.8) is 0 Å². The van der Waals surface area contributed by atoms with Crippen LogP contribution in [0.15, 0.2) is 0 Å². The molecule has 0 saturated heterocycles. The predicted octanol–water partition coefficient (Wildman–Crippen LogP) is 15.9. The number of unbranched alkanes of at least 4 members (excludes halogenated alkanes) is 20. The van der Waals surface area contributed by atoms with Crippen molar-refractivity contribution in [2.45, 2.75) is 272 Å². The number of hydrogen-bond acceptors (Lipinski definition) is 7. The molecule has 0 N–H and O–H groups in total. The van der Waals surface area contributed by atoms with Gasteiger partial charge in [-0.25, -0.2) is 0 Å². The number of ether oxygens (including phenoxy) is 3. The zero-order chi connectivity index (χ0) is 44.9.